The molecule has 0 aliphatic carbocycles. The van der Waals surface area contributed by atoms with Gasteiger partial charge in [-0.15, -0.1) is 37.1 Å². The van der Waals surface area contributed by atoms with Crippen LogP contribution in [0, 0.1) is 0 Å². The summed E-state index contributed by atoms with van der Waals surface area (Å²) in [6.45, 7) is 5.21. The topological polar surface area (TPSA) is 48.9 Å². The molecule has 5 nitrogen and oxygen atoms in total. The molecule has 0 aromatic heterocycles. The van der Waals surface area contributed by atoms with Gasteiger partial charge < -0.3 is 15.4 Å². The third-order valence-corrected chi connectivity index (χ3v) is 4.28. The molecule has 0 spiro atoms. The molecule has 9 heteroatoms. The van der Waals surface area contributed by atoms with E-state index in [1.165, 1.54) is 18.6 Å². The average molecular weight is 486 g/mol. The zero-order valence-electron chi connectivity index (χ0n) is 15.0. The Balaban J connectivity index is 0.00000338. The highest BCUT2D eigenvalue weighted by Gasteiger charge is 2.32. The number of rotatable bonds is 6. The van der Waals surface area contributed by atoms with Gasteiger partial charge in [0, 0.05) is 31.7 Å². The maximum atomic E-state index is 12.5. The second-order valence-corrected chi connectivity index (χ2v) is 5.89. The first-order valence-corrected chi connectivity index (χ1v) is 8.45. The van der Waals surface area contributed by atoms with E-state index in [0.717, 1.165) is 26.1 Å². The number of nitrogens with one attached hydrogen (secondary N) is 2. The van der Waals surface area contributed by atoms with Crippen LogP contribution in [-0.4, -0.2) is 49.9 Å². The number of likely N-dealkylation sites (tertiary alicyclic amines) is 1. The van der Waals surface area contributed by atoms with Gasteiger partial charge in [-0.1, -0.05) is 25.1 Å². The van der Waals surface area contributed by atoms with E-state index in [2.05, 4.69) is 32.2 Å². The fourth-order valence-electron chi connectivity index (χ4n) is 3.03. The Hall–Kier alpha value is -1.23. The van der Waals surface area contributed by atoms with Gasteiger partial charge in [0.25, 0.3) is 0 Å². The number of alkyl halides is 3. The number of nitrogens with zero attached hydrogens (tertiary/aromatic N) is 2. The number of aliphatic imine (C=N–C) groups is 1. The summed E-state index contributed by atoms with van der Waals surface area (Å²) < 4.78 is 41.5. The van der Waals surface area contributed by atoms with Crippen molar-refractivity contribution in [1.29, 1.82) is 0 Å². The Morgan fingerprint density at radius 3 is 2.69 bits per heavy atom. The number of hydrogen-bond donors (Lipinski definition) is 2. The van der Waals surface area contributed by atoms with Crippen LogP contribution in [0.3, 0.4) is 0 Å². The van der Waals surface area contributed by atoms with Gasteiger partial charge >= 0.3 is 6.36 Å². The Bertz CT molecular complexity index is 583. The van der Waals surface area contributed by atoms with Gasteiger partial charge in [-0.2, -0.15) is 0 Å². The zero-order chi connectivity index (χ0) is 18.3. The third kappa shape index (κ3) is 7.18. The van der Waals surface area contributed by atoms with Crippen molar-refractivity contribution in [3.8, 4) is 5.75 Å². The molecule has 26 heavy (non-hydrogen) atoms. The molecule has 0 bridgehead atoms. The van der Waals surface area contributed by atoms with E-state index in [1.54, 1.807) is 19.2 Å². The molecule has 0 amide bonds. The molecule has 1 aromatic rings. The summed E-state index contributed by atoms with van der Waals surface area (Å²) in [6, 6.07) is 6.55. The van der Waals surface area contributed by atoms with Crippen molar-refractivity contribution < 1.29 is 17.9 Å². The van der Waals surface area contributed by atoms with Crippen LogP contribution in [-0.2, 0) is 6.54 Å². The van der Waals surface area contributed by atoms with E-state index in [1.807, 2.05) is 0 Å². The minimum atomic E-state index is -4.71. The first kappa shape index (κ1) is 22.8. The van der Waals surface area contributed by atoms with E-state index >= 15 is 0 Å². The van der Waals surface area contributed by atoms with Crippen LogP contribution in [0.15, 0.2) is 29.3 Å². The highest BCUT2D eigenvalue weighted by atomic mass is 127. The fourth-order valence-corrected chi connectivity index (χ4v) is 3.03. The number of guanidine groups is 1. The Kier molecular flexibility index (Phi) is 9.48. The highest BCUT2D eigenvalue weighted by Crippen LogP contribution is 2.26. The molecular formula is C17H26F3IN4O. The van der Waals surface area contributed by atoms with Crippen LogP contribution in [0.5, 0.6) is 5.75 Å². The van der Waals surface area contributed by atoms with E-state index in [9.17, 15) is 13.2 Å². The smallest absolute Gasteiger partial charge is 0.405 e. The van der Waals surface area contributed by atoms with Crippen LogP contribution in [0.4, 0.5) is 13.2 Å². The molecule has 1 unspecified atom stereocenters. The van der Waals surface area contributed by atoms with Gasteiger partial charge in [-0.3, -0.25) is 9.89 Å². The lowest BCUT2D eigenvalue weighted by atomic mass is 10.2. The lowest BCUT2D eigenvalue weighted by molar-refractivity contribution is -0.274. The monoisotopic (exact) mass is 486 g/mol. The standard InChI is InChI=1S/C17H25F3N4O.HI/c1-3-24-10-6-8-14(24)12-23-16(21-2)22-11-13-7-4-5-9-15(13)25-17(18,19)20;/h4-5,7,9,14H,3,6,8,10-12H2,1-2H3,(H2,21,22,23);1H. The molecule has 148 valence electrons. The summed E-state index contributed by atoms with van der Waals surface area (Å²) in [4.78, 5) is 6.54. The molecule has 1 fully saturated rings. The van der Waals surface area contributed by atoms with Crippen molar-refractivity contribution in [3.05, 3.63) is 29.8 Å². The Labute approximate surface area is 169 Å². The van der Waals surface area contributed by atoms with Crippen molar-refractivity contribution in [2.24, 2.45) is 4.99 Å². The SMILES string of the molecule is CCN1CCCC1CNC(=NC)NCc1ccccc1OC(F)(F)F.I. The van der Waals surface area contributed by atoms with Crippen LogP contribution < -0.4 is 15.4 Å². The van der Waals surface area contributed by atoms with Crippen molar-refractivity contribution in [2.45, 2.75) is 38.7 Å². The molecule has 0 saturated carbocycles. The van der Waals surface area contributed by atoms with Crippen molar-refractivity contribution in [2.75, 3.05) is 26.7 Å². The normalized spacial score (nSPS) is 18.3. The van der Waals surface area contributed by atoms with E-state index in [4.69, 9.17) is 0 Å². The maximum absolute atomic E-state index is 12.5. The van der Waals surface area contributed by atoms with E-state index in [0.29, 0.717) is 17.6 Å². The van der Waals surface area contributed by atoms with E-state index in [-0.39, 0.29) is 36.3 Å². The predicted octanol–water partition coefficient (Wildman–Crippen LogP) is 3.35. The lowest BCUT2D eigenvalue weighted by Crippen LogP contribution is -2.44. The van der Waals surface area contributed by atoms with Crippen LogP contribution in [0.25, 0.3) is 0 Å². The Morgan fingerprint density at radius 2 is 2.04 bits per heavy atom. The van der Waals surface area contributed by atoms with Gasteiger partial charge in [0.1, 0.15) is 5.75 Å². The molecule has 1 aliphatic heterocycles. The summed E-state index contributed by atoms with van der Waals surface area (Å²) >= 11 is 0. The highest BCUT2D eigenvalue weighted by molar-refractivity contribution is 14.0. The van der Waals surface area contributed by atoms with Crippen molar-refractivity contribution >= 4 is 29.9 Å². The number of ether oxygens (including phenoxy) is 1. The summed E-state index contributed by atoms with van der Waals surface area (Å²) in [5.41, 5.74) is 0.416. The molecule has 1 saturated heterocycles. The number of para-hydroxylation sites is 1. The summed E-state index contributed by atoms with van der Waals surface area (Å²) in [5, 5.41) is 6.29. The summed E-state index contributed by atoms with van der Waals surface area (Å²) in [5.74, 6) is 0.357. The molecule has 1 heterocycles. The first-order valence-electron chi connectivity index (χ1n) is 8.45. The number of hydrogen-bond acceptors (Lipinski definition) is 3. The summed E-state index contributed by atoms with van der Waals surface area (Å²) in [6.07, 6.45) is -2.38. The minimum Gasteiger partial charge on any atom is -0.405 e. The first-order chi connectivity index (χ1) is 11.9. The van der Waals surface area contributed by atoms with Gasteiger partial charge in [-0.05, 0) is 32.0 Å². The second kappa shape index (κ2) is 10.8. The fraction of sp³-hybridized carbons (Fsp3) is 0.588. The molecule has 2 N–H and O–H groups in total. The molecular weight excluding hydrogens is 460 g/mol. The number of likely N-dealkylation sites (N-methyl/N-ethyl adjacent to an activating group) is 1. The number of benzene rings is 1. The molecule has 1 aromatic carbocycles. The summed E-state index contributed by atoms with van der Waals surface area (Å²) in [7, 11) is 1.64. The zero-order valence-corrected chi connectivity index (χ0v) is 17.3. The van der Waals surface area contributed by atoms with Gasteiger partial charge in [0.05, 0.1) is 0 Å². The third-order valence-electron chi connectivity index (χ3n) is 4.28. The van der Waals surface area contributed by atoms with Crippen molar-refractivity contribution in [3.63, 3.8) is 0 Å². The average Bonchev–Trinajstić information content (AvgIpc) is 3.02. The van der Waals surface area contributed by atoms with Gasteiger partial charge in [-0.25, -0.2) is 0 Å². The Morgan fingerprint density at radius 1 is 1.31 bits per heavy atom. The number of halogens is 4. The van der Waals surface area contributed by atoms with Gasteiger partial charge in [0.15, 0.2) is 5.96 Å². The molecule has 0 radical (unpaired) electrons. The largest absolute Gasteiger partial charge is 0.573 e. The molecule has 1 atom stereocenters. The van der Waals surface area contributed by atoms with Crippen LogP contribution >= 0.6 is 24.0 Å². The lowest BCUT2D eigenvalue weighted by Gasteiger charge is -2.24. The van der Waals surface area contributed by atoms with Crippen LogP contribution in [0.2, 0.25) is 0 Å². The molecule has 2 rings (SSSR count). The van der Waals surface area contributed by atoms with Crippen molar-refractivity contribution in [1.82, 2.24) is 15.5 Å². The second-order valence-electron chi connectivity index (χ2n) is 5.89. The quantitative estimate of drug-likeness (QED) is 0.368. The minimum absolute atomic E-state index is 0. The molecule has 1 aliphatic rings. The van der Waals surface area contributed by atoms with E-state index < -0.39 is 6.36 Å². The van der Waals surface area contributed by atoms with Gasteiger partial charge in [0.2, 0.25) is 0 Å². The predicted molar refractivity (Wildman–Crippen MR) is 107 cm³/mol. The van der Waals surface area contributed by atoms with Crippen LogP contribution in [0.1, 0.15) is 25.3 Å². The maximum Gasteiger partial charge on any atom is 0.573 e.